The Bertz CT molecular complexity index is 358. The van der Waals surface area contributed by atoms with Crippen LogP contribution in [0.1, 0.15) is 52.9 Å². The van der Waals surface area contributed by atoms with Gasteiger partial charge >= 0.3 is 5.97 Å². The van der Waals surface area contributed by atoms with Crippen molar-refractivity contribution in [2.45, 2.75) is 58.4 Å². The van der Waals surface area contributed by atoms with Gasteiger partial charge in [-0.1, -0.05) is 20.3 Å². The molecule has 4 atom stereocenters. The fraction of sp³-hybridized carbons (Fsp3) is 0.867. The topological polar surface area (TPSA) is 86.6 Å². The van der Waals surface area contributed by atoms with Crippen LogP contribution in [0.5, 0.6) is 0 Å². The van der Waals surface area contributed by atoms with Crippen LogP contribution in [0.15, 0.2) is 0 Å². The molecule has 1 aliphatic carbocycles. The third-order valence-corrected chi connectivity index (χ3v) is 4.76. The summed E-state index contributed by atoms with van der Waals surface area (Å²) < 4.78 is 0. The van der Waals surface area contributed by atoms with Crippen LogP contribution in [0.4, 0.5) is 0 Å². The maximum atomic E-state index is 12.4. The number of rotatable bonds is 7. The number of aliphatic hydroxyl groups excluding tert-OH is 1. The number of carbonyl (C=O) groups is 2. The summed E-state index contributed by atoms with van der Waals surface area (Å²) in [7, 11) is 0. The van der Waals surface area contributed by atoms with Crippen LogP contribution < -0.4 is 5.32 Å². The Morgan fingerprint density at radius 3 is 2.30 bits per heavy atom. The lowest BCUT2D eigenvalue weighted by Gasteiger charge is -2.31. The normalized spacial score (nSPS) is 28.9. The molecule has 0 aromatic heterocycles. The Balaban J connectivity index is 2.76. The highest BCUT2D eigenvalue weighted by Crippen LogP contribution is 2.38. The molecule has 1 saturated carbocycles. The summed E-state index contributed by atoms with van der Waals surface area (Å²) in [6, 6.07) is 0. The molecule has 5 heteroatoms. The first kappa shape index (κ1) is 17.0. The van der Waals surface area contributed by atoms with Crippen molar-refractivity contribution >= 4 is 11.9 Å². The van der Waals surface area contributed by atoms with Gasteiger partial charge in [0.25, 0.3) is 0 Å². The monoisotopic (exact) mass is 285 g/mol. The molecule has 0 bridgehead atoms. The van der Waals surface area contributed by atoms with Crippen LogP contribution in [-0.2, 0) is 9.59 Å². The standard InChI is InChI=1S/C15H27NO4/c1-4-10-8-11(12(9-10)14(19)20)13(18)16-15(3,5-2)6-7-17/h10-12,17H,4-9H2,1-3H3,(H,16,18)(H,19,20)/t10?,11-,12+,15?/m0/s1. The molecular formula is C15H27NO4. The summed E-state index contributed by atoms with van der Waals surface area (Å²) >= 11 is 0. The molecule has 1 amide bonds. The molecule has 3 N–H and O–H groups in total. The van der Waals surface area contributed by atoms with E-state index in [9.17, 15) is 14.7 Å². The van der Waals surface area contributed by atoms with Crippen molar-refractivity contribution in [2.24, 2.45) is 17.8 Å². The van der Waals surface area contributed by atoms with E-state index in [4.69, 9.17) is 5.11 Å². The molecule has 1 rings (SSSR count). The molecule has 0 spiro atoms. The van der Waals surface area contributed by atoms with Gasteiger partial charge in [0.1, 0.15) is 0 Å². The van der Waals surface area contributed by atoms with Crippen molar-refractivity contribution in [3.8, 4) is 0 Å². The SMILES string of the molecule is CCC1C[C@H](C(=O)NC(C)(CC)CCO)[C@H](C(=O)O)C1. The van der Waals surface area contributed by atoms with Crippen molar-refractivity contribution in [3.63, 3.8) is 0 Å². The van der Waals surface area contributed by atoms with Gasteiger partial charge in [0.05, 0.1) is 11.8 Å². The van der Waals surface area contributed by atoms with Crippen LogP contribution in [0.3, 0.4) is 0 Å². The van der Waals surface area contributed by atoms with E-state index < -0.39 is 23.3 Å². The summed E-state index contributed by atoms with van der Waals surface area (Å²) in [6.45, 7) is 5.89. The second-order valence-electron chi connectivity index (χ2n) is 6.17. The van der Waals surface area contributed by atoms with Crippen molar-refractivity contribution in [1.82, 2.24) is 5.32 Å². The summed E-state index contributed by atoms with van der Waals surface area (Å²) in [6.07, 6.45) is 3.35. The molecule has 0 aliphatic heterocycles. The average molecular weight is 285 g/mol. The highest BCUT2D eigenvalue weighted by Gasteiger charge is 2.43. The summed E-state index contributed by atoms with van der Waals surface area (Å²) in [5, 5.41) is 21.3. The van der Waals surface area contributed by atoms with E-state index in [1.165, 1.54) is 0 Å². The van der Waals surface area contributed by atoms with E-state index in [0.29, 0.717) is 31.6 Å². The molecule has 2 unspecified atom stereocenters. The third kappa shape index (κ3) is 3.95. The Kier molecular flexibility index (Phi) is 5.99. The first-order valence-corrected chi connectivity index (χ1v) is 7.52. The van der Waals surface area contributed by atoms with Crippen LogP contribution in [0, 0.1) is 17.8 Å². The molecule has 0 aromatic rings. The van der Waals surface area contributed by atoms with Gasteiger partial charge in [0.15, 0.2) is 0 Å². The number of carboxylic acid groups (broad SMARTS) is 1. The van der Waals surface area contributed by atoms with Crippen molar-refractivity contribution in [2.75, 3.05) is 6.61 Å². The second-order valence-corrected chi connectivity index (χ2v) is 6.17. The van der Waals surface area contributed by atoms with E-state index >= 15 is 0 Å². The number of carboxylic acids is 1. The van der Waals surface area contributed by atoms with E-state index in [0.717, 1.165) is 6.42 Å². The van der Waals surface area contributed by atoms with Crippen molar-refractivity contribution in [3.05, 3.63) is 0 Å². The number of carbonyl (C=O) groups excluding carboxylic acids is 1. The quantitative estimate of drug-likeness (QED) is 0.665. The average Bonchev–Trinajstić information content (AvgIpc) is 2.83. The lowest BCUT2D eigenvalue weighted by molar-refractivity contribution is -0.146. The maximum Gasteiger partial charge on any atom is 0.307 e. The van der Waals surface area contributed by atoms with Crippen molar-refractivity contribution in [1.29, 1.82) is 0 Å². The highest BCUT2D eigenvalue weighted by atomic mass is 16.4. The fourth-order valence-corrected chi connectivity index (χ4v) is 3.00. The van der Waals surface area contributed by atoms with Gasteiger partial charge in [-0.25, -0.2) is 0 Å². The van der Waals surface area contributed by atoms with Crippen LogP contribution in [0.2, 0.25) is 0 Å². The number of nitrogens with one attached hydrogen (secondary N) is 1. The van der Waals surface area contributed by atoms with E-state index in [2.05, 4.69) is 5.32 Å². The molecule has 116 valence electrons. The minimum absolute atomic E-state index is 0.00916. The fourth-order valence-electron chi connectivity index (χ4n) is 3.00. The lowest BCUT2D eigenvalue weighted by Crippen LogP contribution is -2.49. The minimum atomic E-state index is -0.874. The summed E-state index contributed by atoms with van der Waals surface area (Å²) in [5.74, 6) is -1.75. The molecule has 0 aromatic carbocycles. The molecule has 1 fully saturated rings. The third-order valence-electron chi connectivity index (χ3n) is 4.76. The molecule has 1 aliphatic rings. The number of aliphatic carboxylic acids is 1. The lowest BCUT2D eigenvalue weighted by atomic mass is 9.90. The van der Waals surface area contributed by atoms with Gasteiger partial charge in [-0.2, -0.15) is 0 Å². The predicted octanol–water partition coefficient (Wildman–Crippen LogP) is 1.79. The van der Waals surface area contributed by atoms with Gasteiger partial charge in [-0.15, -0.1) is 0 Å². The van der Waals surface area contributed by atoms with E-state index in [1.54, 1.807) is 0 Å². The zero-order chi connectivity index (χ0) is 15.3. The first-order valence-electron chi connectivity index (χ1n) is 7.52. The van der Waals surface area contributed by atoms with Crippen LogP contribution >= 0.6 is 0 Å². The molecular weight excluding hydrogens is 258 g/mol. The van der Waals surface area contributed by atoms with Gasteiger partial charge in [-0.3, -0.25) is 9.59 Å². The van der Waals surface area contributed by atoms with Gasteiger partial charge in [0.2, 0.25) is 5.91 Å². The molecule has 5 nitrogen and oxygen atoms in total. The molecule has 0 radical (unpaired) electrons. The van der Waals surface area contributed by atoms with E-state index in [1.807, 2.05) is 20.8 Å². The number of hydrogen-bond donors (Lipinski definition) is 3. The Labute approximate surface area is 120 Å². The minimum Gasteiger partial charge on any atom is -0.481 e. The number of amides is 1. The van der Waals surface area contributed by atoms with Crippen LogP contribution in [-0.4, -0.2) is 34.2 Å². The molecule has 20 heavy (non-hydrogen) atoms. The Morgan fingerprint density at radius 2 is 1.85 bits per heavy atom. The zero-order valence-electron chi connectivity index (χ0n) is 12.7. The molecule has 0 saturated heterocycles. The van der Waals surface area contributed by atoms with Gasteiger partial charge in [-0.05, 0) is 38.5 Å². The number of hydrogen-bond acceptors (Lipinski definition) is 3. The van der Waals surface area contributed by atoms with E-state index in [-0.39, 0.29) is 12.5 Å². The predicted molar refractivity (Wildman–Crippen MR) is 76.2 cm³/mol. The van der Waals surface area contributed by atoms with Gasteiger partial charge < -0.3 is 15.5 Å². The van der Waals surface area contributed by atoms with Crippen molar-refractivity contribution < 1.29 is 19.8 Å². The van der Waals surface area contributed by atoms with Gasteiger partial charge in [0, 0.05) is 12.1 Å². The Morgan fingerprint density at radius 1 is 1.25 bits per heavy atom. The summed E-state index contributed by atoms with van der Waals surface area (Å²) in [4.78, 5) is 23.7. The zero-order valence-corrected chi connectivity index (χ0v) is 12.7. The molecule has 0 heterocycles. The maximum absolute atomic E-state index is 12.4. The van der Waals surface area contributed by atoms with Crippen LogP contribution in [0.25, 0.3) is 0 Å². The number of aliphatic hydroxyl groups is 1. The first-order chi connectivity index (χ1) is 9.36. The second kappa shape index (κ2) is 7.07. The summed E-state index contributed by atoms with van der Waals surface area (Å²) in [5.41, 5.74) is -0.459. The highest BCUT2D eigenvalue weighted by molar-refractivity contribution is 5.85. The largest absolute Gasteiger partial charge is 0.481 e. The smallest absolute Gasteiger partial charge is 0.307 e. The Hall–Kier alpha value is -1.10.